The number of rotatable bonds is 4. The van der Waals surface area contributed by atoms with Crippen LogP contribution in [0.25, 0.3) is 11.4 Å². The smallest absolute Gasteiger partial charge is 0.227 e. The Morgan fingerprint density at radius 1 is 1.09 bits per heavy atom. The number of carbonyl (C=O) groups is 1. The third-order valence-corrected chi connectivity index (χ3v) is 4.14. The first-order valence-electron chi connectivity index (χ1n) is 7.16. The number of hydrogen-bond acceptors (Lipinski definition) is 6. The van der Waals surface area contributed by atoms with Crippen molar-refractivity contribution in [1.82, 2.24) is 15.0 Å². The van der Waals surface area contributed by atoms with E-state index in [1.54, 1.807) is 12.3 Å². The van der Waals surface area contributed by atoms with Crippen LogP contribution in [0.2, 0.25) is 0 Å². The van der Waals surface area contributed by atoms with Gasteiger partial charge in [0, 0.05) is 24.2 Å². The van der Waals surface area contributed by atoms with Gasteiger partial charge in [-0.15, -0.1) is 11.3 Å². The summed E-state index contributed by atoms with van der Waals surface area (Å²) in [7, 11) is 0. The van der Waals surface area contributed by atoms with E-state index in [1.165, 1.54) is 29.4 Å². The fraction of sp³-hybridized carbons (Fsp3) is 0.176. The Morgan fingerprint density at radius 3 is 2.48 bits per heavy atom. The number of aryl methyl sites for hydroxylation is 2. The van der Waals surface area contributed by atoms with Crippen LogP contribution in [-0.2, 0) is 0 Å². The number of nitrogens with one attached hydrogen (secondary N) is 1. The lowest BCUT2D eigenvalue weighted by Crippen LogP contribution is -1.99. The Hall–Kier alpha value is -2.60. The van der Waals surface area contributed by atoms with Crippen molar-refractivity contribution in [3.05, 3.63) is 52.0 Å². The van der Waals surface area contributed by atoms with Gasteiger partial charge in [0.05, 0.1) is 5.69 Å². The molecule has 0 amide bonds. The monoisotopic (exact) mass is 324 g/mol. The summed E-state index contributed by atoms with van der Waals surface area (Å²) in [4.78, 5) is 24.4. The number of carbonyl (C=O) groups excluding carboxylic acids is 1. The van der Waals surface area contributed by atoms with Crippen LogP contribution in [0.3, 0.4) is 0 Å². The Bertz CT molecular complexity index is 852. The number of Topliss-reactive ketones (excluding diaryl/α,β-unsaturated/α-hetero) is 1. The summed E-state index contributed by atoms with van der Waals surface area (Å²) >= 11 is 1.32. The molecular weight excluding hydrogens is 308 g/mol. The lowest BCUT2D eigenvalue weighted by Gasteiger charge is -2.07. The van der Waals surface area contributed by atoms with E-state index in [9.17, 15) is 4.79 Å². The van der Waals surface area contributed by atoms with Gasteiger partial charge in [0.1, 0.15) is 5.69 Å². The molecule has 0 atom stereocenters. The standard InChI is InChI=1S/C17H16N4OS/c1-10-6-11(2)8-13(7-10)19-17-18-5-4-14(21-17)15-9-23-16(20-15)12(3)22/h4-9H,1-3H3,(H,18,19,21). The highest BCUT2D eigenvalue weighted by atomic mass is 32.1. The van der Waals surface area contributed by atoms with Gasteiger partial charge in [-0.05, 0) is 43.2 Å². The second-order valence-corrected chi connectivity index (χ2v) is 6.22. The van der Waals surface area contributed by atoms with E-state index in [0.717, 1.165) is 5.69 Å². The van der Waals surface area contributed by atoms with E-state index < -0.39 is 0 Å². The van der Waals surface area contributed by atoms with Gasteiger partial charge >= 0.3 is 0 Å². The molecule has 0 saturated heterocycles. The van der Waals surface area contributed by atoms with E-state index in [2.05, 4.69) is 26.3 Å². The Kier molecular flexibility index (Phi) is 4.16. The van der Waals surface area contributed by atoms with Gasteiger partial charge in [-0.25, -0.2) is 15.0 Å². The van der Waals surface area contributed by atoms with Crippen molar-refractivity contribution >= 4 is 28.8 Å². The molecule has 3 aromatic rings. The quantitative estimate of drug-likeness (QED) is 0.730. The number of benzene rings is 1. The minimum atomic E-state index is -0.0381. The summed E-state index contributed by atoms with van der Waals surface area (Å²) in [5.41, 5.74) is 4.67. The average Bonchev–Trinajstić information content (AvgIpc) is 2.96. The van der Waals surface area contributed by atoms with Crippen LogP contribution >= 0.6 is 11.3 Å². The maximum Gasteiger partial charge on any atom is 0.227 e. The van der Waals surface area contributed by atoms with Crippen LogP contribution in [0.1, 0.15) is 27.9 Å². The highest BCUT2D eigenvalue weighted by molar-refractivity contribution is 7.12. The molecule has 2 aromatic heterocycles. The molecule has 5 nitrogen and oxygen atoms in total. The number of hydrogen-bond donors (Lipinski definition) is 1. The number of anilines is 2. The van der Waals surface area contributed by atoms with Gasteiger partial charge < -0.3 is 5.32 Å². The molecule has 0 aliphatic heterocycles. The molecule has 2 heterocycles. The van der Waals surface area contributed by atoms with Gasteiger partial charge in [0.25, 0.3) is 0 Å². The van der Waals surface area contributed by atoms with Gasteiger partial charge in [-0.1, -0.05) is 6.07 Å². The van der Waals surface area contributed by atoms with Gasteiger partial charge in [0.15, 0.2) is 10.8 Å². The van der Waals surface area contributed by atoms with E-state index in [-0.39, 0.29) is 5.78 Å². The van der Waals surface area contributed by atoms with Gasteiger partial charge in [-0.3, -0.25) is 4.79 Å². The van der Waals surface area contributed by atoms with Crippen LogP contribution in [0, 0.1) is 13.8 Å². The maximum atomic E-state index is 11.4. The predicted molar refractivity (Wildman–Crippen MR) is 92.3 cm³/mol. The zero-order valence-electron chi connectivity index (χ0n) is 13.1. The number of thiazole rings is 1. The highest BCUT2D eigenvalue weighted by Gasteiger charge is 2.10. The van der Waals surface area contributed by atoms with Crippen molar-refractivity contribution in [2.45, 2.75) is 20.8 Å². The fourth-order valence-electron chi connectivity index (χ4n) is 2.29. The summed E-state index contributed by atoms with van der Waals surface area (Å²) in [6.07, 6.45) is 1.68. The molecule has 0 fully saturated rings. The molecule has 116 valence electrons. The molecule has 0 aliphatic rings. The molecule has 0 radical (unpaired) electrons. The van der Waals surface area contributed by atoms with Crippen molar-refractivity contribution in [3.8, 4) is 11.4 Å². The van der Waals surface area contributed by atoms with Crippen molar-refractivity contribution in [2.24, 2.45) is 0 Å². The zero-order chi connectivity index (χ0) is 16.4. The van der Waals surface area contributed by atoms with E-state index in [4.69, 9.17) is 0 Å². The second-order valence-electron chi connectivity index (χ2n) is 5.36. The normalized spacial score (nSPS) is 10.6. The molecule has 0 spiro atoms. The highest BCUT2D eigenvalue weighted by Crippen LogP contribution is 2.22. The predicted octanol–water partition coefficient (Wildman–Crippen LogP) is 4.16. The lowest BCUT2D eigenvalue weighted by atomic mass is 10.1. The molecule has 1 aromatic carbocycles. The first-order valence-corrected chi connectivity index (χ1v) is 8.04. The second kappa shape index (κ2) is 6.26. The third-order valence-electron chi connectivity index (χ3n) is 3.20. The van der Waals surface area contributed by atoms with E-state index >= 15 is 0 Å². The number of ketones is 1. The lowest BCUT2D eigenvalue weighted by molar-refractivity contribution is 0.101. The van der Waals surface area contributed by atoms with E-state index in [1.807, 2.05) is 31.4 Å². The molecule has 3 rings (SSSR count). The van der Waals surface area contributed by atoms with Crippen molar-refractivity contribution in [2.75, 3.05) is 5.32 Å². The SMILES string of the molecule is CC(=O)c1nc(-c2ccnc(Nc3cc(C)cc(C)c3)n2)cs1. The Labute approximate surface area is 138 Å². The van der Waals surface area contributed by atoms with Crippen LogP contribution in [0.5, 0.6) is 0 Å². The first-order chi connectivity index (χ1) is 11.0. The molecule has 23 heavy (non-hydrogen) atoms. The van der Waals surface area contributed by atoms with Gasteiger partial charge in [0.2, 0.25) is 5.95 Å². The molecular formula is C17H16N4OS. The molecule has 0 saturated carbocycles. The summed E-state index contributed by atoms with van der Waals surface area (Å²) in [6.45, 7) is 5.61. The number of nitrogens with zero attached hydrogens (tertiary/aromatic N) is 3. The summed E-state index contributed by atoms with van der Waals surface area (Å²) in [5, 5.41) is 5.53. The molecule has 0 unspecified atom stereocenters. The summed E-state index contributed by atoms with van der Waals surface area (Å²) in [6, 6.07) is 7.98. The zero-order valence-corrected chi connectivity index (χ0v) is 13.9. The Balaban J connectivity index is 1.88. The molecule has 0 aliphatic carbocycles. The Morgan fingerprint density at radius 2 is 1.83 bits per heavy atom. The van der Waals surface area contributed by atoms with Crippen molar-refractivity contribution < 1.29 is 4.79 Å². The molecule has 6 heteroatoms. The average molecular weight is 324 g/mol. The first kappa shape index (κ1) is 15.3. The van der Waals surface area contributed by atoms with Crippen molar-refractivity contribution in [1.29, 1.82) is 0 Å². The molecule has 0 bridgehead atoms. The minimum absolute atomic E-state index is 0.0381. The van der Waals surface area contributed by atoms with Crippen LogP contribution in [-0.4, -0.2) is 20.7 Å². The van der Waals surface area contributed by atoms with Crippen LogP contribution < -0.4 is 5.32 Å². The topological polar surface area (TPSA) is 67.8 Å². The summed E-state index contributed by atoms with van der Waals surface area (Å²) in [5.74, 6) is 0.466. The fourth-order valence-corrected chi connectivity index (χ4v) is 3.00. The van der Waals surface area contributed by atoms with Crippen LogP contribution in [0.4, 0.5) is 11.6 Å². The minimum Gasteiger partial charge on any atom is -0.324 e. The van der Waals surface area contributed by atoms with Gasteiger partial charge in [-0.2, -0.15) is 0 Å². The number of aromatic nitrogens is 3. The third kappa shape index (κ3) is 3.60. The van der Waals surface area contributed by atoms with E-state index in [0.29, 0.717) is 22.3 Å². The van der Waals surface area contributed by atoms with Crippen molar-refractivity contribution in [3.63, 3.8) is 0 Å². The largest absolute Gasteiger partial charge is 0.324 e. The molecule has 1 N–H and O–H groups in total. The maximum absolute atomic E-state index is 11.4. The van der Waals surface area contributed by atoms with Crippen LogP contribution in [0.15, 0.2) is 35.8 Å². The summed E-state index contributed by atoms with van der Waals surface area (Å²) < 4.78 is 0.